The molecular weight excluding hydrogens is 388 g/mol. The first-order valence-electron chi connectivity index (χ1n) is 10.3. The number of rotatable bonds is 6. The molecule has 0 radical (unpaired) electrons. The van der Waals surface area contributed by atoms with Crippen LogP contribution in [-0.2, 0) is 22.5 Å². The third-order valence-electron chi connectivity index (χ3n) is 5.15. The van der Waals surface area contributed by atoms with Gasteiger partial charge in [0.05, 0.1) is 31.4 Å². The zero-order valence-corrected chi connectivity index (χ0v) is 17.9. The second-order valence-corrected chi connectivity index (χ2v) is 8.78. The van der Waals surface area contributed by atoms with Crippen molar-refractivity contribution in [1.29, 1.82) is 0 Å². The van der Waals surface area contributed by atoms with E-state index in [4.69, 9.17) is 14.2 Å². The number of carbonyl (C=O) groups excluding carboxylic acids is 1. The van der Waals surface area contributed by atoms with Gasteiger partial charge in [0.1, 0.15) is 5.01 Å². The Balaban J connectivity index is 1.42. The van der Waals surface area contributed by atoms with Crippen LogP contribution in [-0.4, -0.2) is 41.7 Å². The van der Waals surface area contributed by atoms with Gasteiger partial charge >= 0.3 is 5.97 Å². The molecule has 0 N–H and O–H groups in total. The lowest BCUT2D eigenvalue weighted by Gasteiger charge is -2.24. The van der Waals surface area contributed by atoms with Gasteiger partial charge in [-0.15, -0.1) is 11.3 Å². The predicted molar refractivity (Wildman–Crippen MR) is 111 cm³/mol. The number of esters is 1. The summed E-state index contributed by atoms with van der Waals surface area (Å²) in [5, 5.41) is 2.87. The molecule has 2 aliphatic heterocycles. The average Bonchev–Trinajstić information content (AvgIpc) is 3.24. The zero-order chi connectivity index (χ0) is 20.2. The summed E-state index contributed by atoms with van der Waals surface area (Å²) in [6.07, 6.45) is 3.35. The highest BCUT2D eigenvalue weighted by molar-refractivity contribution is 7.09. The summed E-state index contributed by atoms with van der Waals surface area (Å²) >= 11 is 1.53. The van der Waals surface area contributed by atoms with Gasteiger partial charge in [0, 0.05) is 24.4 Å². The molecule has 156 valence electrons. The van der Waals surface area contributed by atoms with Crippen LogP contribution >= 0.6 is 11.3 Å². The first kappa shape index (κ1) is 20.2. The molecule has 1 saturated heterocycles. The smallest absolute Gasteiger partial charge is 0.312 e. The van der Waals surface area contributed by atoms with Crippen LogP contribution in [0.2, 0.25) is 0 Å². The van der Waals surface area contributed by atoms with E-state index in [1.165, 1.54) is 16.9 Å². The predicted octanol–water partition coefficient (Wildman–Crippen LogP) is 4.14. The first-order chi connectivity index (χ1) is 14.1. The molecule has 1 aromatic carbocycles. The van der Waals surface area contributed by atoms with Crippen LogP contribution in [0.5, 0.6) is 11.5 Å². The van der Waals surface area contributed by atoms with Crippen molar-refractivity contribution in [3.8, 4) is 11.5 Å². The first-order valence-corrected chi connectivity index (χ1v) is 11.2. The number of benzene rings is 1. The van der Waals surface area contributed by atoms with E-state index in [0.717, 1.165) is 54.6 Å². The second-order valence-electron chi connectivity index (χ2n) is 7.83. The Kier molecular flexibility index (Phi) is 6.35. The summed E-state index contributed by atoms with van der Waals surface area (Å²) in [7, 11) is 0. The molecule has 0 bridgehead atoms. The lowest BCUT2D eigenvalue weighted by Crippen LogP contribution is -2.23. The van der Waals surface area contributed by atoms with Crippen molar-refractivity contribution in [3.05, 3.63) is 39.8 Å². The third kappa shape index (κ3) is 5.08. The quantitative estimate of drug-likeness (QED) is 0.660. The summed E-state index contributed by atoms with van der Waals surface area (Å²) < 4.78 is 16.9. The molecule has 0 unspecified atom stereocenters. The van der Waals surface area contributed by atoms with Gasteiger partial charge in [-0.05, 0) is 50.9 Å². The summed E-state index contributed by atoms with van der Waals surface area (Å²) in [6.45, 7) is 6.96. The van der Waals surface area contributed by atoms with Crippen molar-refractivity contribution in [1.82, 2.24) is 9.88 Å². The number of hydrogen-bond donors (Lipinski definition) is 0. The zero-order valence-electron chi connectivity index (χ0n) is 17.1. The molecule has 0 spiro atoms. The second kappa shape index (κ2) is 9.13. The molecule has 3 heterocycles. The molecule has 2 aromatic rings. The molecule has 1 aromatic heterocycles. The van der Waals surface area contributed by atoms with Crippen LogP contribution in [0.15, 0.2) is 23.6 Å². The SMILES string of the molecule is CC(C)OC(=O)Cc1nc(CN2CCC[C@H]2c2ccc3c(c2)OCCCO3)cs1. The Labute approximate surface area is 175 Å². The molecule has 0 aliphatic carbocycles. The lowest BCUT2D eigenvalue weighted by molar-refractivity contribution is -0.146. The van der Waals surface area contributed by atoms with Crippen LogP contribution in [0, 0.1) is 0 Å². The third-order valence-corrected chi connectivity index (χ3v) is 6.04. The number of nitrogens with zero attached hydrogens (tertiary/aromatic N) is 2. The number of hydrogen-bond acceptors (Lipinski definition) is 7. The topological polar surface area (TPSA) is 60.9 Å². The fourth-order valence-corrected chi connectivity index (χ4v) is 4.69. The molecule has 7 heteroatoms. The van der Waals surface area contributed by atoms with Gasteiger partial charge in [-0.25, -0.2) is 4.98 Å². The maximum atomic E-state index is 11.9. The molecule has 6 nitrogen and oxygen atoms in total. The van der Waals surface area contributed by atoms with E-state index in [1.54, 1.807) is 0 Å². The largest absolute Gasteiger partial charge is 0.490 e. The highest BCUT2D eigenvalue weighted by Gasteiger charge is 2.28. The minimum atomic E-state index is -0.216. The van der Waals surface area contributed by atoms with Crippen molar-refractivity contribution in [2.24, 2.45) is 0 Å². The van der Waals surface area contributed by atoms with Crippen LogP contribution in [0.25, 0.3) is 0 Å². The Morgan fingerprint density at radius 3 is 2.93 bits per heavy atom. The minimum Gasteiger partial charge on any atom is -0.490 e. The number of thiazole rings is 1. The van der Waals surface area contributed by atoms with Crippen LogP contribution in [0.3, 0.4) is 0 Å². The molecule has 29 heavy (non-hydrogen) atoms. The van der Waals surface area contributed by atoms with Crippen molar-refractivity contribution in [2.75, 3.05) is 19.8 Å². The Morgan fingerprint density at radius 2 is 2.10 bits per heavy atom. The van der Waals surface area contributed by atoms with Crippen molar-refractivity contribution in [2.45, 2.75) is 58.2 Å². The van der Waals surface area contributed by atoms with Gasteiger partial charge in [-0.1, -0.05) is 6.07 Å². The van der Waals surface area contributed by atoms with E-state index < -0.39 is 0 Å². The molecule has 1 fully saturated rings. The van der Waals surface area contributed by atoms with Crippen LogP contribution < -0.4 is 9.47 Å². The van der Waals surface area contributed by atoms with E-state index in [-0.39, 0.29) is 18.5 Å². The minimum absolute atomic E-state index is 0.0948. The van der Waals surface area contributed by atoms with E-state index in [0.29, 0.717) is 19.3 Å². The van der Waals surface area contributed by atoms with Crippen LogP contribution in [0.4, 0.5) is 0 Å². The van der Waals surface area contributed by atoms with E-state index in [2.05, 4.69) is 27.4 Å². The van der Waals surface area contributed by atoms with Crippen molar-refractivity contribution >= 4 is 17.3 Å². The number of carbonyl (C=O) groups is 1. The summed E-state index contributed by atoms with van der Waals surface area (Å²) in [4.78, 5) is 19.0. The van der Waals surface area contributed by atoms with E-state index in [9.17, 15) is 4.79 Å². The molecule has 4 rings (SSSR count). The fraction of sp³-hybridized carbons (Fsp3) is 0.545. The fourth-order valence-electron chi connectivity index (χ4n) is 3.92. The van der Waals surface area contributed by atoms with Crippen molar-refractivity contribution < 1.29 is 19.0 Å². The maximum absolute atomic E-state index is 11.9. The highest BCUT2D eigenvalue weighted by Crippen LogP contribution is 2.38. The molecule has 2 aliphatic rings. The monoisotopic (exact) mass is 416 g/mol. The molecular formula is C22H28N2O4S. The van der Waals surface area contributed by atoms with Crippen LogP contribution in [0.1, 0.15) is 55.4 Å². The standard InChI is InChI=1S/C22H28N2O4S/c1-15(2)28-22(25)12-21-23-17(14-29-21)13-24-8-3-5-18(24)16-6-7-19-20(11-16)27-10-4-9-26-19/h6-7,11,14-15,18H,3-5,8-10,12-13H2,1-2H3/t18-/m0/s1. The average molecular weight is 417 g/mol. The van der Waals surface area contributed by atoms with E-state index >= 15 is 0 Å². The normalized spacial score (nSPS) is 19.3. The number of fused-ring (bicyclic) bond motifs is 1. The highest BCUT2D eigenvalue weighted by atomic mass is 32.1. The van der Waals surface area contributed by atoms with Gasteiger partial charge in [-0.3, -0.25) is 9.69 Å². The number of aromatic nitrogens is 1. The summed E-state index contributed by atoms with van der Waals surface area (Å²) in [5.41, 5.74) is 2.28. The van der Waals surface area contributed by atoms with Gasteiger partial charge in [0.15, 0.2) is 11.5 Å². The maximum Gasteiger partial charge on any atom is 0.312 e. The Morgan fingerprint density at radius 1 is 1.28 bits per heavy atom. The summed E-state index contributed by atoms with van der Waals surface area (Å²) in [6, 6.07) is 6.68. The van der Waals surface area contributed by atoms with Gasteiger partial charge < -0.3 is 14.2 Å². The number of ether oxygens (including phenoxy) is 3. The molecule has 1 atom stereocenters. The van der Waals surface area contributed by atoms with Gasteiger partial charge in [0.2, 0.25) is 0 Å². The Bertz CT molecular complexity index is 851. The lowest BCUT2D eigenvalue weighted by atomic mass is 10.0. The van der Waals surface area contributed by atoms with Gasteiger partial charge in [0.25, 0.3) is 0 Å². The number of likely N-dealkylation sites (tertiary alicyclic amines) is 1. The Hall–Kier alpha value is -2.12. The van der Waals surface area contributed by atoms with Gasteiger partial charge in [-0.2, -0.15) is 0 Å². The summed E-state index contributed by atoms with van der Waals surface area (Å²) in [5.74, 6) is 1.48. The van der Waals surface area contributed by atoms with E-state index in [1.807, 2.05) is 19.9 Å². The molecule has 0 amide bonds. The molecule has 0 saturated carbocycles. The van der Waals surface area contributed by atoms with Crippen molar-refractivity contribution in [3.63, 3.8) is 0 Å².